The second-order valence-electron chi connectivity index (χ2n) is 4.70. The van der Waals surface area contributed by atoms with Crippen LogP contribution in [0, 0.1) is 0 Å². The Morgan fingerprint density at radius 1 is 1.27 bits per heavy atom. The maximum atomic E-state index is 6.13. The zero-order valence-electron chi connectivity index (χ0n) is 9.18. The number of hydrogen-bond acceptors (Lipinski definition) is 1. The molecule has 2 N–H and O–H groups in total. The van der Waals surface area contributed by atoms with Gasteiger partial charge in [-0.25, -0.2) is 0 Å². The highest BCUT2D eigenvalue weighted by Crippen LogP contribution is 2.33. The third kappa shape index (κ3) is 2.16. The van der Waals surface area contributed by atoms with Crippen LogP contribution in [0.5, 0.6) is 0 Å². The Kier molecular flexibility index (Phi) is 2.73. The molecule has 0 amide bonds. The van der Waals surface area contributed by atoms with Crippen molar-refractivity contribution in [2.24, 2.45) is 5.73 Å². The lowest BCUT2D eigenvalue weighted by molar-refractivity contribution is 0.583. The number of aryl methyl sites for hydroxylation is 1. The first-order valence-electron chi connectivity index (χ1n) is 5.26. The van der Waals surface area contributed by atoms with Gasteiger partial charge in [-0.2, -0.15) is 0 Å². The van der Waals surface area contributed by atoms with Gasteiger partial charge >= 0.3 is 0 Å². The lowest BCUT2D eigenvalue weighted by Crippen LogP contribution is -2.35. The van der Waals surface area contributed by atoms with E-state index in [9.17, 15) is 0 Å². The summed E-state index contributed by atoms with van der Waals surface area (Å²) in [6, 6.07) is 6.37. The lowest BCUT2D eigenvalue weighted by atomic mass is 9.83. The van der Waals surface area contributed by atoms with Gasteiger partial charge in [0.05, 0.1) is 0 Å². The van der Waals surface area contributed by atoms with Crippen molar-refractivity contribution in [3.63, 3.8) is 0 Å². The predicted octanol–water partition coefficient (Wildman–Crippen LogP) is 3.52. The summed E-state index contributed by atoms with van der Waals surface area (Å²) in [4.78, 5) is 0. The Bertz CT molecular complexity index is 413. The molecule has 15 heavy (non-hydrogen) atoms. The predicted molar refractivity (Wildman–Crippen MR) is 68.7 cm³/mol. The van der Waals surface area contributed by atoms with Gasteiger partial charge in [0, 0.05) is 10.0 Å². The number of hydrogen-bond donors (Lipinski definition) is 1. The summed E-state index contributed by atoms with van der Waals surface area (Å²) >= 11 is 3.59. The highest BCUT2D eigenvalue weighted by Gasteiger charge is 2.21. The van der Waals surface area contributed by atoms with Crippen molar-refractivity contribution in [3.8, 4) is 0 Å². The van der Waals surface area contributed by atoms with Crippen LogP contribution in [0.2, 0.25) is 0 Å². The van der Waals surface area contributed by atoms with Gasteiger partial charge in [-0.15, -0.1) is 0 Å². The van der Waals surface area contributed by atoms with Gasteiger partial charge in [-0.1, -0.05) is 39.7 Å². The van der Waals surface area contributed by atoms with E-state index < -0.39 is 0 Å². The number of rotatable bonds is 1. The second-order valence-corrected chi connectivity index (χ2v) is 5.56. The molecular weight excluding hydrogens is 250 g/mol. The van der Waals surface area contributed by atoms with Crippen LogP contribution in [0.25, 0.3) is 6.08 Å². The van der Waals surface area contributed by atoms with Crippen molar-refractivity contribution in [1.29, 1.82) is 0 Å². The van der Waals surface area contributed by atoms with E-state index in [4.69, 9.17) is 5.73 Å². The van der Waals surface area contributed by atoms with Crippen LogP contribution < -0.4 is 5.73 Å². The van der Waals surface area contributed by atoms with Gasteiger partial charge in [0.1, 0.15) is 0 Å². The topological polar surface area (TPSA) is 26.0 Å². The van der Waals surface area contributed by atoms with Gasteiger partial charge < -0.3 is 5.73 Å². The molecule has 0 aromatic heterocycles. The van der Waals surface area contributed by atoms with Crippen molar-refractivity contribution < 1.29 is 0 Å². The van der Waals surface area contributed by atoms with Gasteiger partial charge in [0.2, 0.25) is 0 Å². The molecule has 0 radical (unpaired) electrons. The van der Waals surface area contributed by atoms with Crippen LogP contribution in [-0.4, -0.2) is 5.54 Å². The van der Waals surface area contributed by atoms with Crippen molar-refractivity contribution in [1.82, 2.24) is 0 Å². The van der Waals surface area contributed by atoms with Crippen molar-refractivity contribution in [2.45, 2.75) is 32.2 Å². The third-order valence-corrected chi connectivity index (χ3v) is 3.64. The highest BCUT2D eigenvalue weighted by molar-refractivity contribution is 9.10. The van der Waals surface area contributed by atoms with Crippen molar-refractivity contribution in [2.75, 3.05) is 0 Å². The number of nitrogens with two attached hydrogens (primary N) is 1. The smallest absolute Gasteiger partial charge is 0.0314 e. The molecule has 2 rings (SSSR count). The van der Waals surface area contributed by atoms with Crippen LogP contribution in [0.4, 0.5) is 0 Å². The molecule has 0 unspecified atom stereocenters. The van der Waals surface area contributed by atoms with Crippen molar-refractivity contribution in [3.05, 3.63) is 39.4 Å². The molecule has 0 aliphatic heterocycles. The van der Waals surface area contributed by atoms with E-state index in [2.05, 4.69) is 54.1 Å². The first-order chi connectivity index (χ1) is 6.98. The minimum absolute atomic E-state index is 0.201. The zero-order chi connectivity index (χ0) is 11.1. The molecule has 1 aromatic carbocycles. The average molecular weight is 266 g/mol. The first kappa shape index (κ1) is 10.9. The minimum Gasteiger partial charge on any atom is -0.322 e. The van der Waals surface area contributed by atoms with E-state index >= 15 is 0 Å². The SMILES string of the molecule is CC(C)(N)C1=Cc2c(Br)cccc2CC1. The fraction of sp³-hybridized carbons (Fsp3) is 0.385. The van der Waals surface area contributed by atoms with E-state index in [0.29, 0.717) is 0 Å². The Labute approximate surface area is 99.5 Å². The molecule has 0 bridgehead atoms. The summed E-state index contributed by atoms with van der Waals surface area (Å²) in [5, 5.41) is 0. The monoisotopic (exact) mass is 265 g/mol. The first-order valence-corrected chi connectivity index (χ1v) is 6.05. The van der Waals surface area contributed by atoms with Gasteiger partial charge in [0.15, 0.2) is 0 Å². The molecule has 1 aliphatic rings. The third-order valence-electron chi connectivity index (χ3n) is 2.95. The molecule has 1 aromatic rings. The van der Waals surface area contributed by atoms with E-state index in [1.807, 2.05) is 0 Å². The number of benzene rings is 1. The molecule has 2 heteroatoms. The standard InChI is InChI=1S/C13H16BrN/c1-13(2,15)10-7-6-9-4-3-5-12(14)11(9)8-10/h3-5,8H,6-7,15H2,1-2H3. The lowest BCUT2D eigenvalue weighted by Gasteiger charge is -2.27. The Morgan fingerprint density at radius 3 is 2.67 bits per heavy atom. The van der Waals surface area contributed by atoms with Gasteiger partial charge in [0.25, 0.3) is 0 Å². The van der Waals surface area contributed by atoms with Crippen LogP contribution in [0.1, 0.15) is 31.4 Å². The van der Waals surface area contributed by atoms with Crippen LogP contribution in [0.3, 0.4) is 0 Å². The van der Waals surface area contributed by atoms with E-state index in [-0.39, 0.29) is 5.54 Å². The molecule has 1 aliphatic carbocycles. The normalized spacial score (nSPS) is 15.9. The highest BCUT2D eigenvalue weighted by atomic mass is 79.9. The molecule has 0 atom stereocenters. The minimum atomic E-state index is -0.201. The summed E-state index contributed by atoms with van der Waals surface area (Å²) in [5.41, 5.74) is 9.98. The van der Waals surface area contributed by atoms with Gasteiger partial charge in [-0.05, 0) is 43.9 Å². The molecule has 0 saturated heterocycles. The summed E-state index contributed by atoms with van der Waals surface area (Å²) in [5.74, 6) is 0. The Morgan fingerprint density at radius 2 is 2.00 bits per heavy atom. The number of halogens is 1. The summed E-state index contributed by atoms with van der Waals surface area (Å²) in [6.45, 7) is 4.14. The Hall–Kier alpha value is -0.600. The molecule has 0 fully saturated rings. The molecular formula is C13H16BrN. The maximum Gasteiger partial charge on any atom is 0.0314 e. The molecule has 0 heterocycles. The van der Waals surface area contributed by atoms with E-state index in [1.54, 1.807) is 0 Å². The molecule has 80 valence electrons. The summed E-state index contributed by atoms with van der Waals surface area (Å²) in [6.07, 6.45) is 4.41. The van der Waals surface area contributed by atoms with Crippen LogP contribution in [0.15, 0.2) is 28.2 Å². The van der Waals surface area contributed by atoms with Crippen LogP contribution >= 0.6 is 15.9 Å². The Balaban J connectivity index is 2.49. The second kappa shape index (κ2) is 3.76. The molecule has 1 nitrogen and oxygen atoms in total. The maximum absolute atomic E-state index is 6.13. The van der Waals surface area contributed by atoms with Crippen molar-refractivity contribution >= 4 is 22.0 Å². The summed E-state index contributed by atoms with van der Waals surface area (Å²) < 4.78 is 1.17. The number of fused-ring (bicyclic) bond motifs is 1. The average Bonchev–Trinajstić information content (AvgIpc) is 2.16. The fourth-order valence-corrected chi connectivity index (χ4v) is 2.51. The largest absolute Gasteiger partial charge is 0.322 e. The van der Waals surface area contributed by atoms with E-state index in [0.717, 1.165) is 12.8 Å². The van der Waals surface area contributed by atoms with Crippen LogP contribution in [-0.2, 0) is 6.42 Å². The van der Waals surface area contributed by atoms with E-state index in [1.165, 1.54) is 21.2 Å². The molecule has 0 spiro atoms. The molecule has 0 saturated carbocycles. The zero-order valence-corrected chi connectivity index (χ0v) is 10.8. The quantitative estimate of drug-likeness (QED) is 0.827. The fourth-order valence-electron chi connectivity index (χ4n) is 1.99. The summed E-state index contributed by atoms with van der Waals surface area (Å²) in [7, 11) is 0. The van der Waals surface area contributed by atoms with Gasteiger partial charge in [-0.3, -0.25) is 0 Å².